The van der Waals surface area contributed by atoms with Crippen molar-refractivity contribution in [2.45, 2.75) is 51.5 Å². The fourth-order valence-electron chi connectivity index (χ4n) is 3.46. The Morgan fingerprint density at radius 1 is 1.05 bits per heavy atom. The van der Waals surface area contributed by atoms with E-state index in [2.05, 4.69) is 18.7 Å². The molecule has 0 aromatic carbocycles. The van der Waals surface area contributed by atoms with Crippen LogP contribution in [0.25, 0.3) is 0 Å². The van der Waals surface area contributed by atoms with Crippen LogP contribution in [0.1, 0.15) is 46.0 Å². The molecule has 2 aliphatic heterocycles. The Labute approximate surface area is 117 Å². The molecule has 0 saturated carbocycles. The summed E-state index contributed by atoms with van der Waals surface area (Å²) < 4.78 is 23.3. The first-order valence-electron chi connectivity index (χ1n) is 7.44. The van der Waals surface area contributed by atoms with Crippen LogP contribution in [0.2, 0.25) is 0 Å². The van der Waals surface area contributed by atoms with E-state index in [0.29, 0.717) is 36.3 Å². The third-order valence-electron chi connectivity index (χ3n) is 5.15. The van der Waals surface area contributed by atoms with Gasteiger partial charge in [0.05, 0.1) is 11.5 Å². The van der Waals surface area contributed by atoms with Gasteiger partial charge >= 0.3 is 0 Å². The van der Waals surface area contributed by atoms with Gasteiger partial charge in [-0.15, -0.1) is 0 Å². The Bertz CT molecular complexity index is 403. The Morgan fingerprint density at radius 2 is 1.68 bits per heavy atom. The van der Waals surface area contributed by atoms with Gasteiger partial charge in [-0.05, 0) is 50.6 Å². The number of nitrogens with zero attached hydrogens (tertiary/aromatic N) is 1. The molecule has 0 aliphatic carbocycles. The highest BCUT2D eigenvalue weighted by molar-refractivity contribution is 7.91. The molecule has 0 amide bonds. The van der Waals surface area contributed by atoms with Gasteiger partial charge in [0.25, 0.3) is 0 Å². The van der Waals surface area contributed by atoms with Crippen LogP contribution in [-0.4, -0.2) is 50.0 Å². The molecule has 0 aromatic rings. The molecule has 5 heteroatoms. The predicted molar refractivity (Wildman–Crippen MR) is 78.9 cm³/mol. The highest BCUT2D eigenvalue weighted by atomic mass is 32.2. The molecular formula is C14H28N2O2S. The summed E-state index contributed by atoms with van der Waals surface area (Å²) >= 11 is 0. The van der Waals surface area contributed by atoms with E-state index in [1.54, 1.807) is 0 Å². The number of hydrogen-bond donors (Lipinski definition) is 1. The van der Waals surface area contributed by atoms with E-state index in [4.69, 9.17) is 5.73 Å². The monoisotopic (exact) mass is 288 g/mol. The van der Waals surface area contributed by atoms with Gasteiger partial charge in [0.2, 0.25) is 0 Å². The first-order chi connectivity index (χ1) is 8.79. The van der Waals surface area contributed by atoms with Gasteiger partial charge in [0.1, 0.15) is 9.84 Å². The number of sulfone groups is 1. The number of hydrogen-bond acceptors (Lipinski definition) is 4. The smallest absolute Gasteiger partial charge is 0.150 e. The van der Waals surface area contributed by atoms with Crippen LogP contribution in [0.15, 0.2) is 0 Å². The van der Waals surface area contributed by atoms with Crippen LogP contribution >= 0.6 is 0 Å². The molecule has 0 bridgehead atoms. The van der Waals surface area contributed by atoms with Crippen LogP contribution in [0.5, 0.6) is 0 Å². The standard InChI is InChI=1S/C14H28N2O2S/c1-13(2)4-3-8-16(9-5-13)14(12-15)6-10-19(17,18)11-7-14/h3-12,15H2,1-2H3. The lowest BCUT2D eigenvalue weighted by Gasteiger charge is -2.45. The first kappa shape index (κ1) is 15.3. The molecule has 0 aromatic heterocycles. The summed E-state index contributed by atoms with van der Waals surface area (Å²) in [5.74, 6) is 0.619. The summed E-state index contributed by atoms with van der Waals surface area (Å²) in [5, 5.41) is 0. The SMILES string of the molecule is CC1(C)CCCN(C2(CN)CCS(=O)(=O)CC2)CC1. The summed E-state index contributed by atoms with van der Waals surface area (Å²) in [6, 6.07) is 0. The predicted octanol–water partition coefficient (Wildman–Crippen LogP) is 1.40. The maximum atomic E-state index is 11.6. The Morgan fingerprint density at radius 3 is 2.26 bits per heavy atom. The van der Waals surface area contributed by atoms with Crippen molar-refractivity contribution in [1.82, 2.24) is 4.90 Å². The average Bonchev–Trinajstić information content (AvgIpc) is 2.52. The largest absolute Gasteiger partial charge is 0.329 e. The summed E-state index contributed by atoms with van der Waals surface area (Å²) in [7, 11) is -2.82. The van der Waals surface area contributed by atoms with Crippen molar-refractivity contribution in [3.8, 4) is 0 Å². The normalized spacial score (nSPS) is 30.7. The zero-order valence-corrected chi connectivity index (χ0v) is 13.1. The average molecular weight is 288 g/mol. The van der Waals surface area contributed by atoms with Gasteiger partial charge < -0.3 is 5.73 Å². The molecule has 2 heterocycles. The molecule has 2 N–H and O–H groups in total. The van der Waals surface area contributed by atoms with Crippen molar-refractivity contribution in [2.24, 2.45) is 11.1 Å². The summed E-state index contributed by atoms with van der Waals surface area (Å²) in [4.78, 5) is 2.50. The highest BCUT2D eigenvalue weighted by Gasteiger charge is 2.41. The van der Waals surface area contributed by atoms with Gasteiger partial charge in [0, 0.05) is 12.1 Å². The van der Waals surface area contributed by atoms with Crippen LogP contribution < -0.4 is 5.73 Å². The van der Waals surface area contributed by atoms with Crippen molar-refractivity contribution >= 4 is 9.84 Å². The van der Waals surface area contributed by atoms with E-state index in [0.717, 1.165) is 13.1 Å². The first-order valence-corrected chi connectivity index (χ1v) is 9.26. The molecular weight excluding hydrogens is 260 g/mol. The van der Waals surface area contributed by atoms with Crippen molar-refractivity contribution in [3.63, 3.8) is 0 Å². The second-order valence-electron chi connectivity index (χ2n) is 7.09. The van der Waals surface area contributed by atoms with Crippen molar-refractivity contribution < 1.29 is 8.42 Å². The second kappa shape index (κ2) is 5.34. The molecule has 0 spiro atoms. The van der Waals surface area contributed by atoms with E-state index >= 15 is 0 Å². The Balaban J connectivity index is 2.09. The van der Waals surface area contributed by atoms with Gasteiger partial charge in [0.15, 0.2) is 0 Å². The van der Waals surface area contributed by atoms with Gasteiger partial charge in [-0.2, -0.15) is 0 Å². The van der Waals surface area contributed by atoms with E-state index in [-0.39, 0.29) is 5.54 Å². The zero-order valence-electron chi connectivity index (χ0n) is 12.3. The summed E-state index contributed by atoms with van der Waals surface area (Å²) in [6.45, 7) is 7.38. The minimum absolute atomic E-state index is 0.0637. The zero-order chi connectivity index (χ0) is 14.1. The number of rotatable bonds is 2. The summed E-state index contributed by atoms with van der Waals surface area (Å²) in [6.07, 6.45) is 5.06. The topological polar surface area (TPSA) is 63.4 Å². The fraction of sp³-hybridized carbons (Fsp3) is 1.00. The van der Waals surface area contributed by atoms with Gasteiger partial charge in [-0.3, -0.25) is 4.90 Å². The lowest BCUT2D eigenvalue weighted by molar-refractivity contribution is 0.0835. The fourth-order valence-corrected chi connectivity index (χ4v) is 5.05. The number of likely N-dealkylation sites (tertiary alicyclic amines) is 1. The molecule has 4 nitrogen and oxygen atoms in total. The maximum absolute atomic E-state index is 11.6. The van der Waals surface area contributed by atoms with Crippen LogP contribution in [-0.2, 0) is 9.84 Å². The molecule has 2 saturated heterocycles. The van der Waals surface area contributed by atoms with E-state index in [1.165, 1.54) is 19.3 Å². The molecule has 2 rings (SSSR count). The lowest BCUT2D eigenvalue weighted by atomic mass is 9.85. The van der Waals surface area contributed by atoms with Crippen LogP contribution in [0.3, 0.4) is 0 Å². The number of nitrogens with two attached hydrogens (primary N) is 1. The third kappa shape index (κ3) is 3.50. The molecule has 2 fully saturated rings. The molecule has 0 radical (unpaired) electrons. The van der Waals surface area contributed by atoms with Gasteiger partial charge in [-0.25, -0.2) is 8.42 Å². The molecule has 0 unspecified atom stereocenters. The second-order valence-corrected chi connectivity index (χ2v) is 9.39. The Kier molecular flexibility index (Phi) is 4.29. The third-order valence-corrected chi connectivity index (χ3v) is 6.80. The summed E-state index contributed by atoms with van der Waals surface area (Å²) in [5.41, 5.74) is 6.38. The minimum atomic E-state index is -2.82. The molecule has 2 aliphatic rings. The van der Waals surface area contributed by atoms with Crippen LogP contribution in [0.4, 0.5) is 0 Å². The van der Waals surface area contributed by atoms with Crippen molar-refractivity contribution in [2.75, 3.05) is 31.1 Å². The van der Waals surface area contributed by atoms with E-state index < -0.39 is 9.84 Å². The van der Waals surface area contributed by atoms with E-state index in [9.17, 15) is 8.42 Å². The highest BCUT2D eigenvalue weighted by Crippen LogP contribution is 2.36. The lowest BCUT2D eigenvalue weighted by Crippen LogP contribution is -2.58. The molecule has 112 valence electrons. The molecule has 0 atom stereocenters. The van der Waals surface area contributed by atoms with Crippen molar-refractivity contribution in [1.29, 1.82) is 0 Å². The van der Waals surface area contributed by atoms with Gasteiger partial charge in [-0.1, -0.05) is 13.8 Å². The Hall–Kier alpha value is -0.130. The van der Waals surface area contributed by atoms with Crippen LogP contribution in [0, 0.1) is 5.41 Å². The van der Waals surface area contributed by atoms with E-state index in [1.807, 2.05) is 0 Å². The van der Waals surface area contributed by atoms with Crippen molar-refractivity contribution in [3.05, 3.63) is 0 Å². The molecule has 19 heavy (non-hydrogen) atoms. The quantitative estimate of drug-likeness (QED) is 0.834. The maximum Gasteiger partial charge on any atom is 0.150 e. The minimum Gasteiger partial charge on any atom is -0.329 e.